The Morgan fingerprint density at radius 3 is 2.94 bits per heavy atom. The quantitative estimate of drug-likeness (QED) is 0.824. The lowest BCUT2D eigenvalue weighted by Gasteiger charge is -2.12. The van der Waals surface area contributed by atoms with Gasteiger partial charge < -0.3 is 9.73 Å². The molecule has 0 saturated carbocycles. The van der Waals surface area contributed by atoms with Crippen LogP contribution in [0.1, 0.15) is 29.6 Å². The summed E-state index contributed by atoms with van der Waals surface area (Å²) in [5.41, 5.74) is 2.18. The summed E-state index contributed by atoms with van der Waals surface area (Å²) >= 11 is 0. The Labute approximate surface area is 106 Å². The van der Waals surface area contributed by atoms with E-state index in [0.717, 1.165) is 17.5 Å². The number of hydrogen-bond donors (Lipinski definition) is 1. The van der Waals surface area contributed by atoms with Crippen molar-refractivity contribution < 1.29 is 9.21 Å². The van der Waals surface area contributed by atoms with Gasteiger partial charge in [-0.15, -0.1) is 0 Å². The van der Waals surface area contributed by atoms with Gasteiger partial charge >= 0.3 is 0 Å². The maximum absolute atomic E-state index is 12.3. The molecule has 0 bridgehead atoms. The Morgan fingerprint density at radius 2 is 2.28 bits per heavy atom. The van der Waals surface area contributed by atoms with Crippen LogP contribution >= 0.6 is 0 Å². The molecule has 1 heterocycles. The molecule has 96 valence electrons. The molecule has 4 heteroatoms. The van der Waals surface area contributed by atoms with Crippen molar-refractivity contribution >= 4 is 16.9 Å². The van der Waals surface area contributed by atoms with E-state index in [9.17, 15) is 4.79 Å². The van der Waals surface area contributed by atoms with Crippen molar-refractivity contribution in [3.05, 3.63) is 29.7 Å². The fraction of sp³-hybridized carbons (Fsp3) is 0.429. The van der Waals surface area contributed by atoms with E-state index >= 15 is 0 Å². The number of oxazole rings is 1. The Morgan fingerprint density at radius 1 is 1.50 bits per heavy atom. The Balaban J connectivity index is 2.32. The van der Waals surface area contributed by atoms with Crippen molar-refractivity contribution in [1.29, 1.82) is 0 Å². The second-order valence-corrected chi connectivity index (χ2v) is 4.44. The highest BCUT2D eigenvalue weighted by molar-refractivity contribution is 6.00. The number of fused-ring (bicyclic) bond motifs is 1. The number of aromatic nitrogens is 1. The molecule has 1 unspecified atom stereocenters. The van der Waals surface area contributed by atoms with Gasteiger partial charge in [-0.2, -0.15) is 0 Å². The van der Waals surface area contributed by atoms with E-state index < -0.39 is 0 Å². The van der Waals surface area contributed by atoms with Crippen LogP contribution in [0.25, 0.3) is 11.1 Å². The van der Waals surface area contributed by atoms with E-state index in [4.69, 9.17) is 4.42 Å². The van der Waals surface area contributed by atoms with Gasteiger partial charge in [0.1, 0.15) is 5.52 Å². The van der Waals surface area contributed by atoms with Gasteiger partial charge in [-0.25, -0.2) is 4.98 Å². The first kappa shape index (κ1) is 12.8. The Bertz CT molecular complexity index is 560. The highest BCUT2D eigenvalue weighted by atomic mass is 16.3. The molecule has 1 aromatic heterocycles. The van der Waals surface area contributed by atoms with Crippen LogP contribution in [0, 0.1) is 12.8 Å². The minimum atomic E-state index is 0.0143. The zero-order valence-corrected chi connectivity index (χ0v) is 11.0. The van der Waals surface area contributed by atoms with Crippen LogP contribution < -0.4 is 5.32 Å². The number of nitrogens with zero attached hydrogens (tertiary/aromatic N) is 1. The van der Waals surface area contributed by atoms with Crippen molar-refractivity contribution in [2.24, 2.45) is 5.92 Å². The highest BCUT2D eigenvalue weighted by Crippen LogP contribution is 2.19. The number of carbonyl (C=O) groups excluding carboxylic acids is 1. The molecule has 0 aliphatic heterocycles. The zero-order chi connectivity index (χ0) is 13.1. The topological polar surface area (TPSA) is 55.1 Å². The number of rotatable bonds is 5. The molecule has 2 rings (SSSR count). The predicted molar refractivity (Wildman–Crippen MR) is 70.8 cm³/mol. The number of hydrogen-bond acceptors (Lipinski definition) is 4. The maximum atomic E-state index is 12.3. The molecule has 1 atom stereocenters. The molecule has 1 aromatic carbocycles. The monoisotopic (exact) mass is 246 g/mol. The van der Waals surface area contributed by atoms with Gasteiger partial charge in [-0.1, -0.05) is 6.92 Å². The first-order chi connectivity index (χ1) is 8.65. The number of nitrogens with one attached hydrogen (secondary N) is 1. The van der Waals surface area contributed by atoms with Crippen molar-refractivity contribution in [2.75, 3.05) is 13.6 Å². The first-order valence-electron chi connectivity index (χ1n) is 6.21. The summed E-state index contributed by atoms with van der Waals surface area (Å²) in [4.78, 5) is 16.6. The molecular weight excluding hydrogens is 228 g/mol. The minimum Gasteiger partial charge on any atom is -0.441 e. The SMILES string of the molecule is CCC(CNC)C(=O)c1ccc2oc(C)nc2c1. The second-order valence-electron chi connectivity index (χ2n) is 4.44. The van der Waals surface area contributed by atoms with E-state index in [1.54, 1.807) is 6.92 Å². The van der Waals surface area contributed by atoms with E-state index in [1.165, 1.54) is 0 Å². The van der Waals surface area contributed by atoms with Gasteiger partial charge in [0, 0.05) is 24.9 Å². The van der Waals surface area contributed by atoms with E-state index in [1.807, 2.05) is 32.2 Å². The largest absolute Gasteiger partial charge is 0.441 e. The summed E-state index contributed by atoms with van der Waals surface area (Å²) in [5.74, 6) is 0.798. The van der Waals surface area contributed by atoms with Crippen LogP contribution in [0.2, 0.25) is 0 Å². The lowest BCUT2D eigenvalue weighted by molar-refractivity contribution is 0.0917. The third-order valence-corrected chi connectivity index (χ3v) is 3.09. The van der Waals surface area contributed by atoms with Gasteiger partial charge in [0.15, 0.2) is 17.3 Å². The average molecular weight is 246 g/mol. The number of Topliss-reactive ketones (excluding diaryl/α,β-unsaturated/α-hetero) is 1. The molecule has 0 radical (unpaired) electrons. The smallest absolute Gasteiger partial charge is 0.192 e. The molecule has 0 amide bonds. The molecule has 0 aliphatic carbocycles. The molecule has 0 aliphatic rings. The van der Waals surface area contributed by atoms with Crippen LogP contribution in [0.3, 0.4) is 0 Å². The lowest BCUT2D eigenvalue weighted by atomic mass is 9.95. The van der Waals surface area contributed by atoms with Crippen molar-refractivity contribution in [3.63, 3.8) is 0 Å². The Hall–Kier alpha value is -1.68. The molecule has 0 spiro atoms. The third kappa shape index (κ3) is 2.43. The van der Waals surface area contributed by atoms with Gasteiger partial charge in [0.2, 0.25) is 0 Å². The van der Waals surface area contributed by atoms with Crippen LogP contribution in [0.5, 0.6) is 0 Å². The zero-order valence-electron chi connectivity index (χ0n) is 11.0. The molecular formula is C14H18N2O2. The average Bonchev–Trinajstić information content (AvgIpc) is 2.74. The van der Waals surface area contributed by atoms with E-state index in [2.05, 4.69) is 10.3 Å². The molecule has 4 nitrogen and oxygen atoms in total. The molecule has 1 N–H and O–H groups in total. The summed E-state index contributed by atoms with van der Waals surface area (Å²) in [6, 6.07) is 5.44. The summed E-state index contributed by atoms with van der Waals surface area (Å²) in [7, 11) is 1.86. The third-order valence-electron chi connectivity index (χ3n) is 3.09. The second kappa shape index (κ2) is 5.31. The van der Waals surface area contributed by atoms with Crippen molar-refractivity contribution in [1.82, 2.24) is 10.3 Å². The van der Waals surface area contributed by atoms with Crippen LogP contribution in [-0.4, -0.2) is 24.4 Å². The lowest BCUT2D eigenvalue weighted by Crippen LogP contribution is -2.25. The summed E-state index contributed by atoms with van der Waals surface area (Å²) in [6.07, 6.45) is 0.829. The van der Waals surface area contributed by atoms with Crippen molar-refractivity contribution in [2.45, 2.75) is 20.3 Å². The maximum Gasteiger partial charge on any atom is 0.192 e. The van der Waals surface area contributed by atoms with E-state index in [0.29, 0.717) is 18.0 Å². The fourth-order valence-electron chi connectivity index (χ4n) is 2.10. The van der Waals surface area contributed by atoms with Crippen LogP contribution in [0.4, 0.5) is 0 Å². The van der Waals surface area contributed by atoms with Crippen LogP contribution in [0.15, 0.2) is 22.6 Å². The Kier molecular flexibility index (Phi) is 3.77. The van der Waals surface area contributed by atoms with Gasteiger partial charge in [-0.3, -0.25) is 4.79 Å². The number of ketones is 1. The highest BCUT2D eigenvalue weighted by Gasteiger charge is 2.18. The molecule has 18 heavy (non-hydrogen) atoms. The standard InChI is InChI=1S/C14H18N2O2/c1-4-10(8-15-3)14(17)11-5-6-13-12(7-11)16-9(2)18-13/h5-7,10,15H,4,8H2,1-3H3. The van der Waals surface area contributed by atoms with Crippen LogP contribution in [-0.2, 0) is 0 Å². The summed E-state index contributed by atoms with van der Waals surface area (Å²) in [6.45, 7) is 4.53. The molecule has 2 aromatic rings. The van der Waals surface area contributed by atoms with E-state index in [-0.39, 0.29) is 11.7 Å². The molecule has 0 fully saturated rings. The summed E-state index contributed by atoms with van der Waals surface area (Å²) in [5, 5.41) is 3.06. The summed E-state index contributed by atoms with van der Waals surface area (Å²) < 4.78 is 5.40. The number of aryl methyl sites for hydroxylation is 1. The fourth-order valence-corrected chi connectivity index (χ4v) is 2.10. The minimum absolute atomic E-state index is 0.0143. The van der Waals surface area contributed by atoms with Crippen molar-refractivity contribution in [3.8, 4) is 0 Å². The van der Waals surface area contributed by atoms with Gasteiger partial charge in [-0.05, 0) is 31.7 Å². The van der Waals surface area contributed by atoms with Gasteiger partial charge in [0.05, 0.1) is 0 Å². The predicted octanol–water partition coefficient (Wildman–Crippen LogP) is 2.56. The number of benzene rings is 1. The molecule has 0 saturated heterocycles. The first-order valence-corrected chi connectivity index (χ1v) is 6.21. The van der Waals surface area contributed by atoms with Gasteiger partial charge in [0.25, 0.3) is 0 Å². The normalized spacial score (nSPS) is 12.8. The number of carbonyl (C=O) groups is 1.